The Morgan fingerprint density at radius 1 is 1.36 bits per heavy atom. The first-order valence-electron chi connectivity index (χ1n) is 7.18. The SMILES string of the molecule is NC(=O)c1cc(Br)cc2c(CC3CCS(O)(O)CC3)c[nH]c12. The number of fused-ring (bicyclic) bond motifs is 1. The van der Waals surface area contributed by atoms with Crippen LogP contribution in [0.3, 0.4) is 0 Å². The van der Waals surface area contributed by atoms with Gasteiger partial charge in [0.25, 0.3) is 5.91 Å². The van der Waals surface area contributed by atoms with Crippen LogP contribution in [0.1, 0.15) is 28.8 Å². The van der Waals surface area contributed by atoms with Gasteiger partial charge < -0.3 is 10.7 Å². The summed E-state index contributed by atoms with van der Waals surface area (Å²) in [6, 6.07) is 3.71. The first-order valence-corrected chi connectivity index (χ1v) is 9.86. The average molecular weight is 387 g/mol. The van der Waals surface area contributed by atoms with Crippen molar-refractivity contribution in [3.63, 3.8) is 0 Å². The molecule has 5 N–H and O–H groups in total. The number of hydrogen-bond acceptors (Lipinski definition) is 3. The van der Waals surface area contributed by atoms with Gasteiger partial charge in [0.15, 0.2) is 0 Å². The first-order chi connectivity index (χ1) is 10.4. The maximum absolute atomic E-state index is 11.6. The molecule has 0 bridgehead atoms. The molecule has 0 unspecified atom stereocenters. The molecule has 22 heavy (non-hydrogen) atoms. The van der Waals surface area contributed by atoms with Crippen LogP contribution in [0.5, 0.6) is 0 Å². The number of carbonyl (C=O) groups is 1. The van der Waals surface area contributed by atoms with Gasteiger partial charge in [-0.15, -0.1) is 0 Å². The lowest BCUT2D eigenvalue weighted by Gasteiger charge is -2.39. The Kier molecular flexibility index (Phi) is 4.24. The second kappa shape index (κ2) is 5.88. The van der Waals surface area contributed by atoms with E-state index < -0.39 is 16.5 Å². The Hall–Kier alpha value is -1.02. The van der Waals surface area contributed by atoms with Gasteiger partial charge in [0, 0.05) is 27.6 Å². The number of halogens is 1. The number of aromatic amines is 1. The van der Waals surface area contributed by atoms with Crippen molar-refractivity contribution < 1.29 is 13.9 Å². The molecule has 1 aliphatic heterocycles. The summed E-state index contributed by atoms with van der Waals surface area (Å²) < 4.78 is 20.2. The van der Waals surface area contributed by atoms with Gasteiger partial charge in [-0.3, -0.25) is 13.9 Å². The summed E-state index contributed by atoms with van der Waals surface area (Å²) in [4.78, 5) is 14.7. The van der Waals surface area contributed by atoms with Crippen LogP contribution in [0.4, 0.5) is 0 Å². The molecule has 5 nitrogen and oxygen atoms in total. The van der Waals surface area contributed by atoms with Crippen molar-refractivity contribution in [2.24, 2.45) is 11.7 Å². The summed E-state index contributed by atoms with van der Waals surface area (Å²) in [6.07, 6.45) is 4.44. The van der Waals surface area contributed by atoms with E-state index in [0.717, 1.165) is 40.2 Å². The molecule has 1 aromatic carbocycles. The van der Waals surface area contributed by atoms with Crippen LogP contribution in [0, 0.1) is 5.92 Å². The van der Waals surface area contributed by atoms with Gasteiger partial charge in [0.2, 0.25) is 0 Å². The molecule has 0 radical (unpaired) electrons. The number of aromatic nitrogens is 1. The molecule has 0 spiro atoms. The Morgan fingerprint density at radius 2 is 2.05 bits per heavy atom. The molecule has 2 heterocycles. The zero-order valence-corrected chi connectivity index (χ0v) is 14.4. The van der Waals surface area contributed by atoms with E-state index in [4.69, 9.17) is 5.73 Å². The quantitative estimate of drug-likeness (QED) is 0.646. The highest BCUT2D eigenvalue weighted by Crippen LogP contribution is 2.46. The van der Waals surface area contributed by atoms with Gasteiger partial charge >= 0.3 is 0 Å². The molecule has 1 fully saturated rings. The number of carbonyl (C=O) groups excluding carboxylic acids is 1. The standard InChI is InChI=1S/C15H19BrN2O3S/c16-11-6-12-10(5-9-1-3-22(20,21)4-2-9)8-18-14(12)13(7-11)15(17)19/h6-9,18,20-21H,1-5H2,(H2,17,19). The minimum atomic E-state index is -2.34. The lowest BCUT2D eigenvalue weighted by Crippen LogP contribution is -2.21. The average Bonchev–Trinajstić information content (AvgIpc) is 2.83. The van der Waals surface area contributed by atoms with E-state index in [0.29, 0.717) is 23.0 Å². The molecule has 120 valence electrons. The zero-order chi connectivity index (χ0) is 15.9. The Balaban J connectivity index is 1.88. The van der Waals surface area contributed by atoms with E-state index in [-0.39, 0.29) is 0 Å². The topological polar surface area (TPSA) is 99.3 Å². The van der Waals surface area contributed by atoms with Gasteiger partial charge in [-0.1, -0.05) is 15.9 Å². The summed E-state index contributed by atoms with van der Waals surface area (Å²) in [5.74, 6) is 0.980. The summed E-state index contributed by atoms with van der Waals surface area (Å²) in [5, 5.41) is 1.00. The number of amides is 1. The monoisotopic (exact) mass is 386 g/mol. The van der Waals surface area contributed by atoms with Gasteiger partial charge in [0.05, 0.1) is 11.1 Å². The lowest BCUT2D eigenvalue weighted by molar-refractivity contribution is 0.100. The molecule has 7 heteroatoms. The number of nitrogens with one attached hydrogen (secondary N) is 1. The zero-order valence-electron chi connectivity index (χ0n) is 12.0. The third-order valence-corrected chi connectivity index (χ3v) is 6.56. The molecular formula is C15H19BrN2O3S. The summed E-state index contributed by atoms with van der Waals surface area (Å²) in [6.45, 7) is 0. The molecule has 1 saturated heterocycles. The van der Waals surface area contributed by atoms with Crippen molar-refractivity contribution in [3.05, 3.63) is 33.9 Å². The van der Waals surface area contributed by atoms with E-state index in [2.05, 4.69) is 20.9 Å². The van der Waals surface area contributed by atoms with Crippen LogP contribution in [-0.2, 0) is 6.42 Å². The number of primary amides is 1. The van der Waals surface area contributed by atoms with E-state index in [1.165, 1.54) is 0 Å². The fraction of sp³-hybridized carbons (Fsp3) is 0.400. The molecule has 0 atom stereocenters. The van der Waals surface area contributed by atoms with Crippen LogP contribution in [-0.4, -0.2) is 31.5 Å². The van der Waals surface area contributed by atoms with Gasteiger partial charge in [-0.05, 0) is 42.9 Å². The van der Waals surface area contributed by atoms with Crippen molar-refractivity contribution in [2.75, 3.05) is 11.5 Å². The number of rotatable bonds is 3. The summed E-state index contributed by atoms with van der Waals surface area (Å²) in [7, 11) is -2.34. The number of nitrogens with two attached hydrogens (primary N) is 1. The maximum atomic E-state index is 11.6. The fourth-order valence-electron chi connectivity index (χ4n) is 3.09. The van der Waals surface area contributed by atoms with Crippen LogP contribution < -0.4 is 5.73 Å². The van der Waals surface area contributed by atoms with Crippen molar-refractivity contribution in [3.8, 4) is 0 Å². The molecule has 0 saturated carbocycles. The molecule has 3 rings (SSSR count). The van der Waals surface area contributed by atoms with Crippen molar-refractivity contribution in [2.45, 2.75) is 19.3 Å². The van der Waals surface area contributed by atoms with Gasteiger partial charge in [-0.2, -0.15) is 10.6 Å². The van der Waals surface area contributed by atoms with Gasteiger partial charge in [-0.25, -0.2) is 0 Å². The van der Waals surface area contributed by atoms with E-state index in [9.17, 15) is 13.9 Å². The summed E-state index contributed by atoms with van der Waals surface area (Å²) >= 11 is 3.43. The van der Waals surface area contributed by atoms with E-state index >= 15 is 0 Å². The predicted molar refractivity (Wildman–Crippen MR) is 93.5 cm³/mol. The van der Waals surface area contributed by atoms with E-state index in [1.54, 1.807) is 6.07 Å². The second-order valence-corrected chi connectivity index (χ2v) is 9.25. The molecule has 1 aromatic heterocycles. The predicted octanol–water partition coefficient (Wildman–Crippen LogP) is 3.73. The first kappa shape index (κ1) is 15.9. The Morgan fingerprint density at radius 3 is 2.68 bits per heavy atom. The number of H-pyrrole nitrogens is 1. The fourth-order valence-corrected chi connectivity index (χ4v) is 5.17. The maximum Gasteiger partial charge on any atom is 0.250 e. The van der Waals surface area contributed by atoms with E-state index in [1.807, 2.05) is 12.3 Å². The molecule has 1 amide bonds. The van der Waals surface area contributed by atoms with Crippen LogP contribution >= 0.6 is 26.5 Å². The van der Waals surface area contributed by atoms with Gasteiger partial charge in [0.1, 0.15) is 0 Å². The van der Waals surface area contributed by atoms with Crippen LogP contribution in [0.2, 0.25) is 0 Å². The molecule has 0 aliphatic carbocycles. The Labute approximate surface area is 138 Å². The second-order valence-electron chi connectivity index (χ2n) is 5.91. The minimum Gasteiger partial charge on any atom is -0.366 e. The third-order valence-electron chi connectivity index (χ3n) is 4.32. The molecule has 2 aromatic rings. The van der Waals surface area contributed by atoms with Crippen molar-refractivity contribution in [1.29, 1.82) is 0 Å². The highest BCUT2D eigenvalue weighted by molar-refractivity contribution is 9.10. The lowest BCUT2D eigenvalue weighted by atomic mass is 9.93. The normalized spacial score (nSPS) is 20.1. The Bertz CT molecular complexity index is 719. The molecule has 1 aliphatic rings. The minimum absolute atomic E-state index is 0.440. The number of hydrogen-bond donors (Lipinski definition) is 4. The highest BCUT2D eigenvalue weighted by Gasteiger charge is 2.25. The van der Waals surface area contributed by atoms with Crippen LogP contribution in [0.15, 0.2) is 22.8 Å². The molecular weight excluding hydrogens is 368 g/mol. The van der Waals surface area contributed by atoms with Crippen molar-refractivity contribution >= 4 is 43.3 Å². The van der Waals surface area contributed by atoms with Crippen LogP contribution in [0.25, 0.3) is 10.9 Å². The number of benzene rings is 1. The highest BCUT2D eigenvalue weighted by atomic mass is 79.9. The summed E-state index contributed by atoms with van der Waals surface area (Å²) in [5.41, 5.74) is 7.83. The largest absolute Gasteiger partial charge is 0.366 e. The smallest absolute Gasteiger partial charge is 0.250 e. The van der Waals surface area contributed by atoms with Crippen molar-refractivity contribution in [1.82, 2.24) is 4.98 Å². The third kappa shape index (κ3) is 3.17.